The highest BCUT2D eigenvalue weighted by Gasteiger charge is 2.30. The van der Waals surface area contributed by atoms with Crippen molar-refractivity contribution < 1.29 is 9.59 Å². The number of carbonyl (C=O) groups is 2. The van der Waals surface area contributed by atoms with Crippen LogP contribution in [-0.4, -0.2) is 21.9 Å². The maximum absolute atomic E-state index is 11.6. The highest BCUT2D eigenvalue weighted by molar-refractivity contribution is 8.24. The standard InChI is InChI=1S/C10H8N2O2S2/c11-9(14)6-3-1-2-4-7(6)12-8(13)5-16-10(12)15/h1-4H,5H2,(H2,11,14). The summed E-state index contributed by atoms with van der Waals surface area (Å²) in [6.45, 7) is 0. The Bertz CT molecular complexity index is 471. The molecule has 0 saturated carbocycles. The Kier molecular flexibility index (Phi) is 2.93. The summed E-state index contributed by atoms with van der Waals surface area (Å²) in [5, 5.41) is 0. The molecule has 16 heavy (non-hydrogen) atoms. The molecule has 0 spiro atoms. The lowest BCUT2D eigenvalue weighted by Gasteiger charge is -2.17. The maximum atomic E-state index is 11.6. The van der Waals surface area contributed by atoms with Crippen molar-refractivity contribution in [3.05, 3.63) is 29.8 Å². The lowest BCUT2D eigenvalue weighted by atomic mass is 10.1. The molecule has 0 unspecified atom stereocenters. The lowest BCUT2D eigenvalue weighted by Crippen LogP contribution is -2.30. The van der Waals surface area contributed by atoms with E-state index in [0.717, 1.165) is 0 Å². The zero-order valence-corrected chi connectivity index (χ0v) is 9.81. The van der Waals surface area contributed by atoms with Crippen molar-refractivity contribution in [3.8, 4) is 0 Å². The number of primary amides is 1. The van der Waals surface area contributed by atoms with Crippen molar-refractivity contribution >= 4 is 45.8 Å². The van der Waals surface area contributed by atoms with Crippen molar-refractivity contribution in [2.45, 2.75) is 0 Å². The molecule has 0 bridgehead atoms. The van der Waals surface area contributed by atoms with Crippen LogP contribution in [0, 0.1) is 0 Å². The van der Waals surface area contributed by atoms with Gasteiger partial charge in [0.15, 0.2) is 0 Å². The van der Waals surface area contributed by atoms with Gasteiger partial charge < -0.3 is 5.73 Å². The molecule has 1 aliphatic rings. The van der Waals surface area contributed by atoms with E-state index in [2.05, 4.69) is 0 Å². The normalized spacial score (nSPS) is 15.6. The molecule has 2 amide bonds. The van der Waals surface area contributed by atoms with Gasteiger partial charge in [0, 0.05) is 0 Å². The summed E-state index contributed by atoms with van der Waals surface area (Å²) < 4.78 is 0.457. The summed E-state index contributed by atoms with van der Waals surface area (Å²) in [7, 11) is 0. The van der Waals surface area contributed by atoms with Gasteiger partial charge in [-0.05, 0) is 12.1 Å². The highest BCUT2D eigenvalue weighted by atomic mass is 32.2. The summed E-state index contributed by atoms with van der Waals surface area (Å²) in [5.41, 5.74) is 6.02. The first-order chi connectivity index (χ1) is 7.61. The summed E-state index contributed by atoms with van der Waals surface area (Å²) in [6, 6.07) is 6.67. The minimum absolute atomic E-state index is 0.122. The first-order valence-corrected chi connectivity index (χ1v) is 5.89. The second-order valence-electron chi connectivity index (χ2n) is 3.17. The average molecular weight is 252 g/mol. The van der Waals surface area contributed by atoms with E-state index in [4.69, 9.17) is 18.0 Å². The minimum atomic E-state index is -0.567. The fraction of sp³-hybridized carbons (Fsp3) is 0.100. The van der Waals surface area contributed by atoms with Gasteiger partial charge in [0.25, 0.3) is 5.91 Å². The number of hydrogen-bond donors (Lipinski definition) is 1. The molecule has 1 aromatic carbocycles. The van der Waals surface area contributed by atoms with Gasteiger partial charge in [0.2, 0.25) is 5.91 Å². The van der Waals surface area contributed by atoms with Gasteiger partial charge in [-0.2, -0.15) is 0 Å². The van der Waals surface area contributed by atoms with E-state index in [-0.39, 0.29) is 5.91 Å². The van der Waals surface area contributed by atoms with E-state index in [1.807, 2.05) is 0 Å². The molecule has 0 radical (unpaired) electrons. The number of benzene rings is 1. The SMILES string of the molecule is NC(=O)c1ccccc1N1C(=O)CSC1=S. The molecule has 1 saturated heterocycles. The number of hydrogen-bond acceptors (Lipinski definition) is 4. The van der Waals surface area contributed by atoms with Crippen LogP contribution in [-0.2, 0) is 4.79 Å². The number of nitrogens with two attached hydrogens (primary N) is 1. The molecule has 1 aromatic rings. The topological polar surface area (TPSA) is 63.4 Å². The molecule has 0 aromatic heterocycles. The van der Waals surface area contributed by atoms with Crippen molar-refractivity contribution in [1.82, 2.24) is 0 Å². The predicted octanol–water partition coefficient (Wildman–Crippen LogP) is 1.15. The monoisotopic (exact) mass is 252 g/mol. The van der Waals surface area contributed by atoms with E-state index in [1.165, 1.54) is 16.7 Å². The molecule has 2 N–H and O–H groups in total. The maximum Gasteiger partial charge on any atom is 0.250 e. The Labute approximate surface area is 102 Å². The average Bonchev–Trinajstić information content (AvgIpc) is 2.58. The van der Waals surface area contributed by atoms with Crippen LogP contribution in [0.5, 0.6) is 0 Å². The molecule has 0 aliphatic carbocycles. The van der Waals surface area contributed by atoms with E-state index in [1.54, 1.807) is 24.3 Å². The third-order valence-corrected chi connectivity index (χ3v) is 3.52. The Morgan fingerprint density at radius 2 is 2.12 bits per heavy atom. The molecule has 4 nitrogen and oxygen atoms in total. The molecule has 2 rings (SSSR count). The van der Waals surface area contributed by atoms with E-state index >= 15 is 0 Å². The van der Waals surface area contributed by atoms with E-state index in [0.29, 0.717) is 21.3 Å². The number of amides is 2. The van der Waals surface area contributed by atoms with Crippen molar-refractivity contribution in [3.63, 3.8) is 0 Å². The Morgan fingerprint density at radius 1 is 1.44 bits per heavy atom. The second kappa shape index (κ2) is 4.23. The number of thiocarbonyl (C=S) groups is 1. The van der Waals surface area contributed by atoms with Gasteiger partial charge in [-0.1, -0.05) is 36.1 Å². The lowest BCUT2D eigenvalue weighted by molar-refractivity contribution is -0.115. The number of nitrogens with zero attached hydrogens (tertiary/aromatic N) is 1. The molecule has 1 heterocycles. The van der Waals surface area contributed by atoms with Crippen LogP contribution >= 0.6 is 24.0 Å². The summed E-state index contributed by atoms with van der Waals surface area (Å²) >= 11 is 6.35. The Hall–Kier alpha value is -1.40. The third kappa shape index (κ3) is 1.81. The molecule has 0 atom stereocenters. The van der Waals surface area contributed by atoms with Crippen molar-refractivity contribution in [2.75, 3.05) is 10.7 Å². The number of thioether (sulfide) groups is 1. The molecular weight excluding hydrogens is 244 g/mol. The van der Waals surface area contributed by atoms with Crippen molar-refractivity contribution in [1.29, 1.82) is 0 Å². The minimum Gasteiger partial charge on any atom is -0.366 e. The van der Waals surface area contributed by atoms with Gasteiger partial charge in [-0.3, -0.25) is 14.5 Å². The third-order valence-electron chi connectivity index (χ3n) is 2.16. The molecular formula is C10H8N2O2S2. The van der Waals surface area contributed by atoms with Crippen LogP contribution in [0.4, 0.5) is 5.69 Å². The van der Waals surface area contributed by atoms with Gasteiger partial charge in [-0.15, -0.1) is 0 Å². The van der Waals surface area contributed by atoms with Crippen LogP contribution in [0.25, 0.3) is 0 Å². The number of para-hydroxylation sites is 1. The summed E-state index contributed by atoms with van der Waals surface area (Å²) in [5.74, 6) is -0.377. The highest BCUT2D eigenvalue weighted by Crippen LogP contribution is 2.29. The predicted molar refractivity (Wildman–Crippen MR) is 67.5 cm³/mol. The first-order valence-electron chi connectivity index (χ1n) is 4.50. The van der Waals surface area contributed by atoms with E-state index < -0.39 is 5.91 Å². The van der Waals surface area contributed by atoms with Gasteiger partial charge in [0.1, 0.15) is 4.32 Å². The zero-order valence-electron chi connectivity index (χ0n) is 8.17. The van der Waals surface area contributed by atoms with Gasteiger partial charge >= 0.3 is 0 Å². The first kappa shape index (κ1) is 11.1. The summed E-state index contributed by atoms with van der Waals surface area (Å²) in [4.78, 5) is 24.2. The molecule has 1 aliphatic heterocycles. The van der Waals surface area contributed by atoms with Crippen LogP contribution in [0.15, 0.2) is 24.3 Å². The van der Waals surface area contributed by atoms with Crippen LogP contribution in [0.1, 0.15) is 10.4 Å². The molecule has 82 valence electrons. The number of rotatable bonds is 2. The van der Waals surface area contributed by atoms with Crippen LogP contribution in [0.2, 0.25) is 0 Å². The van der Waals surface area contributed by atoms with E-state index in [9.17, 15) is 9.59 Å². The molecule has 6 heteroatoms. The smallest absolute Gasteiger partial charge is 0.250 e. The quantitative estimate of drug-likeness (QED) is 0.802. The van der Waals surface area contributed by atoms with Crippen molar-refractivity contribution in [2.24, 2.45) is 5.73 Å². The molecule has 1 fully saturated rings. The van der Waals surface area contributed by atoms with Crippen LogP contribution < -0.4 is 10.6 Å². The Morgan fingerprint density at radius 3 is 2.69 bits per heavy atom. The van der Waals surface area contributed by atoms with Gasteiger partial charge in [0.05, 0.1) is 17.0 Å². The summed E-state index contributed by atoms with van der Waals surface area (Å²) in [6.07, 6.45) is 0. The fourth-order valence-corrected chi connectivity index (χ4v) is 2.55. The van der Waals surface area contributed by atoms with Crippen LogP contribution in [0.3, 0.4) is 0 Å². The largest absolute Gasteiger partial charge is 0.366 e. The Balaban J connectivity index is 2.51. The fourth-order valence-electron chi connectivity index (χ4n) is 1.46. The number of anilines is 1. The van der Waals surface area contributed by atoms with Gasteiger partial charge in [-0.25, -0.2) is 0 Å². The second-order valence-corrected chi connectivity index (χ2v) is 4.77. The zero-order chi connectivity index (χ0) is 11.7. The number of carbonyl (C=O) groups excluding carboxylic acids is 2.